The first-order valence-electron chi connectivity index (χ1n) is 7.72. The zero-order valence-corrected chi connectivity index (χ0v) is 16.8. The Morgan fingerprint density at radius 3 is 1.09 bits per heavy atom. The highest BCUT2D eigenvalue weighted by Crippen LogP contribution is 2.47. The van der Waals surface area contributed by atoms with Gasteiger partial charge in [0.1, 0.15) is 11.1 Å². The van der Waals surface area contributed by atoms with Crippen molar-refractivity contribution in [2.24, 2.45) is 11.5 Å². The van der Waals surface area contributed by atoms with Crippen LogP contribution in [0.2, 0.25) is 0 Å². The molecule has 2 aromatic rings. The molecule has 0 saturated heterocycles. The Labute approximate surface area is 182 Å². The van der Waals surface area contributed by atoms with E-state index in [0.29, 0.717) is 33.7 Å². The molecule has 2 rings (SSSR count). The molecular weight excluding hydrogens is 476 g/mol. The van der Waals surface area contributed by atoms with Crippen LogP contribution in [-0.4, -0.2) is 31.5 Å². The molecule has 2 amide bonds. The van der Waals surface area contributed by atoms with Gasteiger partial charge in [-0.15, -0.1) is 0 Å². The predicted octanol–water partition coefficient (Wildman–Crippen LogP) is 2.32. The lowest BCUT2D eigenvalue weighted by Crippen LogP contribution is -2.14. The Balaban J connectivity index is 2.62. The first-order valence-corrected chi connectivity index (χ1v) is 9.87. The number of nitro groups is 4. The van der Waals surface area contributed by atoms with Crippen LogP contribution < -0.4 is 11.5 Å². The highest BCUT2D eigenvalue weighted by Gasteiger charge is 2.30. The number of nitrogens with zero attached hydrogens (tertiary/aromatic N) is 4. The molecule has 32 heavy (non-hydrogen) atoms. The summed E-state index contributed by atoms with van der Waals surface area (Å²) in [5.41, 5.74) is 5.41. The van der Waals surface area contributed by atoms with Gasteiger partial charge < -0.3 is 11.5 Å². The van der Waals surface area contributed by atoms with Crippen molar-refractivity contribution in [1.29, 1.82) is 0 Å². The number of amides is 2. The molecule has 0 aliphatic carbocycles. The van der Waals surface area contributed by atoms with Gasteiger partial charge in [-0.05, 0) is 33.7 Å². The molecule has 166 valence electrons. The van der Waals surface area contributed by atoms with Gasteiger partial charge in [-0.3, -0.25) is 50.0 Å². The number of benzene rings is 2. The number of primary amides is 2. The number of carbonyl (C=O) groups is 2. The number of nitrogens with two attached hydrogens (primary N) is 2. The molecule has 4 N–H and O–H groups in total. The minimum Gasteiger partial charge on any atom is -0.365 e. The number of rotatable bonds is 9. The summed E-state index contributed by atoms with van der Waals surface area (Å²) in [5, 5.41) is 44.8. The van der Waals surface area contributed by atoms with Crippen molar-refractivity contribution in [3.8, 4) is 0 Å². The van der Waals surface area contributed by atoms with E-state index in [0.717, 1.165) is 12.1 Å². The molecule has 0 atom stereocenters. The monoisotopic (exact) mass is 484 g/mol. The van der Waals surface area contributed by atoms with Crippen molar-refractivity contribution < 1.29 is 29.3 Å². The lowest BCUT2D eigenvalue weighted by Gasteiger charge is -2.07. The summed E-state index contributed by atoms with van der Waals surface area (Å²) in [7, 11) is 0.930. The Hall–Kier alpha value is -4.32. The van der Waals surface area contributed by atoms with Crippen molar-refractivity contribution in [3.63, 3.8) is 0 Å². The van der Waals surface area contributed by atoms with Crippen LogP contribution in [0, 0.1) is 40.5 Å². The van der Waals surface area contributed by atoms with Crippen molar-refractivity contribution in [3.05, 3.63) is 75.8 Å². The molecule has 2 aromatic carbocycles. The minimum atomic E-state index is -1.25. The second-order valence-electron chi connectivity index (χ2n) is 5.60. The zero-order chi connectivity index (χ0) is 24.3. The molecule has 0 aliphatic rings. The smallest absolute Gasteiger partial charge is 0.290 e. The third-order valence-corrected chi connectivity index (χ3v) is 6.12. The van der Waals surface area contributed by atoms with Crippen LogP contribution in [0.3, 0.4) is 0 Å². The second kappa shape index (κ2) is 9.22. The fourth-order valence-electron chi connectivity index (χ4n) is 2.32. The maximum Gasteiger partial charge on any atom is 0.290 e. The fourth-order valence-corrected chi connectivity index (χ4v) is 4.61. The third-order valence-electron chi connectivity index (χ3n) is 3.69. The molecule has 16 nitrogen and oxygen atoms in total. The normalized spacial score (nSPS) is 10.4. The quantitative estimate of drug-likeness (QED) is 0.295. The van der Waals surface area contributed by atoms with Gasteiger partial charge in [0.05, 0.1) is 41.6 Å². The topological polar surface area (TPSA) is 259 Å². The molecule has 18 heteroatoms. The van der Waals surface area contributed by atoms with E-state index in [4.69, 9.17) is 11.5 Å². The fraction of sp³-hybridized carbons (Fsp3) is 0. The molecule has 0 heterocycles. The Kier molecular flexibility index (Phi) is 6.90. The lowest BCUT2D eigenvalue weighted by atomic mass is 10.1. The first-order chi connectivity index (χ1) is 14.8. The van der Waals surface area contributed by atoms with Gasteiger partial charge in [0.25, 0.3) is 34.6 Å². The summed E-state index contributed by atoms with van der Waals surface area (Å²) in [5.74, 6) is -2.51. The third kappa shape index (κ3) is 4.87. The van der Waals surface area contributed by atoms with Crippen LogP contribution >= 0.6 is 21.6 Å². The van der Waals surface area contributed by atoms with Gasteiger partial charge in [-0.25, -0.2) is 0 Å². The van der Waals surface area contributed by atoms with E-state index in [-0.39, 0.29) is 9.79 Å². The highest BCUT2D eigenvalue weighted by molar-refractivity contribution is 8.76. The van der Waals surface area contributed by atoms with E-state index in [1.165, 1.54) is 0 Å². The van der Waals surface area contributed by atoms with E-state index < -0.39 is 65.4 Å². The lowest BCUT2D eigenvalue weighted by molar-refractivity contribution is -0.396. The standard InChI is InChI=1S/C14H8N6O10S2/c15-13(21)5-1-11(9(19(27)28)3-7(5)17(23)24)31-32-12-2-6(14(16)22)8(18(25)26)4-10(12)20(29)30/h1-4H,(H2,15,21)(H2,16,22). The average Bonchev–Trinajstić information content (AvgIpc) is 2.70. The van der Waals surface area contributed by atoms with Crippen LogP contribution in [0.25, 0.3) is 0 Å². The van der Waals surface area contributed by atoms with Crippen LogP contribution in [0.1, 0.15) is 20.7 Å². The molecule has 0 spiro atoms. The number of hydrogen-bond donors (Lipinski definition) is 2. The Bertz CT molecular complexity index is 1120. The van der Waals surface area contributed by atoms with Crippen molar-refractivity contribution in [2.45, 2.75) is 9.79 Å². The maximum atomic E-state index is 11.5. The van der Waals surface area contributed by atoms with E-state index in [1.54, 1.807) is 0 Å². The van der Waals surface area contributed by atoms with E-state index in [9.17, 15) is 50.0 Å². The van der Waals surface area contributed by atoms with Gasteiger partial charge in [0.2, 0.25) is 0 Å². The molecule has 0 radical (unpaired) electrons. The second-order valence-corrected chi connectivity index (χ2v) is 7.81. The summed E-state index contributed by atoms with van der Waals surface area (Å²) in [6.07, 6.45) is 0. The van der Waals surface area contributed by atoms with E-state index in [1.807, 2.05) is 0 Å². The van der Waals surface area contributed by atoms with Crippen LogP contribution in [0.4, 0.5) is 22.7 Å². The number of hydrogen-bond acceptors (Lipinski definition) is 12. The summed E-state index contributed by atoms with van der Waals surface area (Å²) < 4.78 is 0. The zero-order valence-electron chi connectivity index (χ0n) is 15.2. The highest BCUT2D eigenvalue weighted by atomic mass is 33.1. The Morgan fingerprint density at radius 2 is 0.875 bits per heavy atom. The van der Waals surface area contributed by atoms with Gasteiger partial charge in [0, 0.05) is 0 Å². The van der Waals surface area contributed by atoms with Crippen molar-refractivity contribution in [2.75, 3.05) is 0 Å². The Morgan fingerprint density at radius 1 is 0.594 bits per heavy atom. The number of nitro benzene ring substituents is 4. The SMILES string of the molecule is NC(=O)c1cc(SSc2cc(C(N)=O)c([N+](=O)[O-])cc2[N+](=O)[O-])c([N+](=O)[O-])cc1[N+](=O)[O-]. The maximum absolute atomic E-state index is 11.5. The first kappa shape index (κ1) is 24.0. The van der Waals surface area contributed by atoms with Crippen molar-refractivity contribution in [1.82, 2.24) is 0 Å². The van der Waals surface area contributed by atoms with Crippen LogP contribution in [0.15, 0.2) is 34.1 Å². The molecular formula is C14H8N6O10S2. The van der Waals surface area contributed by atoms with E-state index in [2.05, 4.69) is 0 Å². The van der Waals surface area contributed by atoms with Gasteiger partial charge in [-0.1, -0.05) is 0 Å². The van der Waals surface area contributed by atoms with Crippen LogP contribution in [-0.2, 0) is 0 Å². The minimum absolute atomic E-state index is 0.340. The predicted molar refractivity (Wildman–Crippen MR) is 108 cm³/mol. The van der Waals surface area contributed by atoms with Gasteiger partial charge >= 0.3 is 0 Å². The largest absolute Gasteiger partial charge is 0.365 e. The molecule has 0 aliphatic heterocycles. The summed E-state index contributed by atoms with van der Waals surface area (Å²) in [6.45, 7) is 0. The molecule has 0 saturated carbocycles. The molecule has 0 bridgehead atoms. The summed E-state index contributed by atoms with van der Waals surface area (Å²) in [4.78, 5) is 63.1. The molecule has 0 unspecified atom stereocenters. The molecule has 0 fully saturated rings. The molecule has 0 aromatic heterocycles. The average molecular weight is 484 g/mol. The van der Waals surface area contributed by atoms with E-state index >= 15 is 0 Å². The van der Waals surface area contributed by atoms with Crippen LogP contribution in [0.5, 0.6) is 0 Å². The van der Waals surface area contributed by atoms with Gasteiger partial charge in [0.15, 0.2) is 0 Å². The van der Waals surface area contributed by atoms with Crippen molar-refractivity contribution >= 4 is 56.2 Å². The van der Waals surface area contributed by atoms with Gasteiger partial charge in [-0.2, -0.15) is 0 Å². The number of carbonyl (C=O) groups excluding carboxylic acids is 2. The summed E-state index contributed by atoms with van der Waals surface area (Å²) >= 11 is 0. The summed E-state index contributed by atoms with van der Waals surface area (Å²) in [6, 6.07) is 2.54.